The zero-order valence-corrected chi connectivity index (χ0v) is 12.7. The molecular formula is C20H14OS. The smallest absolute Gasteiger partial charge is 0.137 e. The van der Waals surface area contributed by atoms with Crippen LogP contribution in [0.4, 0.5) is 0 Å². The number of rotatable bonds is 2. The molecule has 4 rings (SSSR count). The Bertz CT molecular complexity index is 970. The zero-order valence-electron chi connectivity index (χ0n) is 11.9. The first-order chi connectivity index (χ1) is 10.8. The summed E-state index contributed by atoms with van der Waals surface area (Å²) in [7, 11) is 0. The highest BCUT2D eigenvalue weighted by Crippen LogP contribution is 2.41. The lowest BCUT2D eigenvalue weighted by atomic mass is 10.1. The van der Waals surface area contributed by atoms with Crippen LogP contribution in [0, 0.1) is 0 Å². The first-order valence-corrected chi connectivity index (χ1v) is 8.01. The molecule has 0 amide bonds. The number of benzene rings is 4. The summed E-state index contributed by atoms with van der Waals surface area (Å²) >= 11 is 1.61. The van der Waals surface area contributed by atoms with Gasteiger partial charge in [0.15, 0.2) is 0 Å². The molecule has 0 aliphatic heterocycles. The number of fused-ring (bicyclic) bond motifs is 2. The largest absolute Gasteiger partial charge is 0.506 e. The van der Waals surface area contributed by atoms with Crippen molar-refractivity contribution in [1.29, 1.82) is 0 Å². The van der Waals surface area contributed by atoms with Gasteiger partial charge < -0.3 is 5.11 Å². The summed E-state index contributed by atoms with van der Waals surface area (Å²) in [5.74, 6) is 0.357. The predicted molar refractivity (Wildman–Crippen MR) is 93.7 cm³/mol. The predicted octanol–water partition coefficient (Wildman–Crippen LogP) is 5.85. The van der Waals surface area contributed by atoms with Crippen LogP contribution in [0.5, 0.6) is 5.75 Å². The molecule has 0 aliphatic carbocycles. The molecule has 0 aliphatic rings. The van der Waals surface area contributed by atoms with Crippen LogP contribution < -0.4 is 0 Å². The van der Waals surface area contributed by atoms with E-state index < -0.39 is 0 Å². The van der Waals surface area contributed by atoms with E-state index >= 15 is 0 Å². The summed E-state index contributed by atoms with van der Waals surface area (Å²) in [5.41, 5.74) is 0. The average Bonchev–Trinajstić information content (AvgIpc) is 2.58. The van der Waals surface area contributed by atoms with E-state index in [2.05, 4.69) is 36.4 Å². The van der Waals surface area contributed by atoms with Gasteiger partial charge in [-0.1, -0.05) is 78.5 Å². The monoisotopic (exact) mass is 302 g/mol. The van der Waals surface area contributed by atoms with Crippen molar-refractivity contribution in [1.82, 2.24) is 0 Å². The van der Waals surface area contributed by atoms with E-state index in [0.29, 0.717) is 5.75 Å². The van der Waals surface area contributed by atoms with Crippen molar-refractivity contribution in [3.8, 4) is 5.75 Å². The van der Waals surface area contributed by atoms with Gasteiger partial charge in [-0.25, -0.2) is 0 Å². The molecule has 4 aromatic rings. The highest BCUT2D eigenvalue weighted by molar-refractivity contribution is 7.99. The van der Waals surface area contributed by atoms with Gasteiger partial charge in [-0.15, -0.1) is 0 Å². The lowest BCUT2D eigenvalue weighted by Crippen LogP contribution is -1.81. The molecule has 0 unspecified atom stereocenters. The molecule has 0 saturated heterocycles. The highest BCUT2D eigenvalue weighted by atomic mass is 32.2. The van der Waals surface area contributed by atoms with Gasteiger partial charge in [0.05, 0.1) is 4.90 Å². The Hall–Kier alpha value is -2.45. The maximum Gasteiger partial charge on any atom is 0.137 e. The quantitative estimate of drug-likeness (QED) is 0.501. The van der Waals surface area contributed by atoms with Crippen molar-refractivity contribution >= 4 is 33.3 Å². The van der Waals surface area contributed by atoms with Gasteiger partial charge >= 0.3 is 0 Å². The van der Waals surface area contributed by atoms with Crippen LogP contribution in [0.15, 0.2) is 88.7 Å². The molecule has 1 nitrogen and oxygen atoms in total. The fourth-order valence-corrected chi connectivity index (χ4v) is 3.74. The van der Waals surface area contributed by atoms with E-state index in [1.54, 1.807) is 11.8 Å². The van der Waals surface area contributed by atoms with Crippen LogP contribution in [0.2, 0.25) is 0 Å². The number of hydrogen-bond donors (Lipinski definition) is 1. The summed E-state index contributed by atoms with van der Waals surface area (Å²) < 4.78 is 0. The molecule has 4 aromatic carbocycles. The molecule has 0 fully saturated rings. The summed E-state index contributed by atoms with van der Waals surface area (Å²) in [6.07, 6.45) is 0. The molecule has 22 heavy (non-hydrogen) atoms. The Morgan fingerprint density at radius 1 is 0.545 bits per heavy atom. The summed E-state index contributed by atoms with van der Waals surface area (Å²) in [4.78, 5) is 2.04. The van der Waals surface area contributed by atoms with Crippen LogP contribution in [-0.2, 0) is 0 Å². The Balaban J connectivity index is 1.84. The number of hydrogen-bond acceptors (Lipinski definition) is 2. The van der Waals surface area contributed by atoms with Gasteiger partial charge in [0.2, 0.25) is 0 Å². The van der Waals surface area contributed by atoms with Gasteiger partial charge in [0.25, 0.3) is 0 Å². The van der Waals surface area contributed by atoms with E-state index in [-0.39, 0.29) is 0 Å². The SMILES string of the molecule is Oc1c(Sc2cccc3ccccc23)ccc2ccccc12. The lowest BCUT2D eigenvalue weighted by molar-refractivity contribution is 0.469. The third kappa shape index (κ3) is 2.22. The van der Waals surface area contributed by atoms with E-state index in [9.17, 15) is 5.11 Å². The van der Waals surface area contributed by atoms with Crippen LogP contribution in [0.1, 0.15) is 0 Å². The Morgan fingerprint density at radius 2 is 1.18 bits per heavy atom. The molecule has 2 heteroatoms. The highest BCUT2D eigenvalue weighted by Gasteiger charge is 2.09. The van der Waals surface area contributed by atoms with Crippen molar-refractivity contribution < 1.29 is 5.11 Å². The Morgan fingerprint density at radius 3 is 2.00 bits per heavy atom. The zero-order chi connectivity index (χ0) is 14.9. The van der Waals surface area contributed by atoms with E-state index in [0.717, 1.165) is 20.6 Å². The lowest BCUT2D eigenvalue weighted by Gasteiger charge is -2.09. The molecule has 1 N–H and O–H groups in total. The minimum atomic E-state index is 0.357. The van der Waals surface area contributed by atoms with Gasteiger partial charge in [0, 0.05) is 10.3 Å². The maximum absolute atomic E-state index is 10.6. The van der Waals surface area contributed by atoms with Crippen molar-refractivity contribution in [3.05, 3.63) is 78.9 Å². The molecule has 0 saturated carbocycles. The number of phenolic OH excluding ortho intramolecular Hbond substituents is 1. The second-order valence-electron chi connectivity index (χ2n) is 5.21. The molecule has 0 aromatic heterocycles. The summed E-state index contributed by atoms with van der Waals surface area (Å²) in [5, 5.41) is 14.9. The summed E-state index contributed by atoms with van der Waals surface area (Å²) in [6, 6.07) is 26.6. The maximum atomic E-state index is 10.6. The molecule has 106 valence electrons. The number of aromatic hydroxyl groups is 1. The Kier molecular flexibility index (Phi) is 3.24. The minimum Gasteiger partial charge on any atom is -0.506 e. The average molecular weight is 302 g/mol. The molecule has 0 heterocycles. The molecule has 0 radical (unpaired) electrons. The van der Waals surface area contributed by atoms with Gasteiger partial charge in [-0.05, 0) is 28.3 Å². The molecule has 0 bridgehead atoms. The topological polar surface area (TPSA) is 20.2 Å². The van der Waals surface area contributed by atoms with Crippen LogP contribution in [0.25, 0.3) is 21.5 Å². The van der Waals surface area contributed by atoms with E-state index in [4.69, 9.17) is 0 Å². The standard InChI is InChI=1S/C20H14OS/c21-20-17-10-4-2-7-15(17)12-13-19(20)22-18-11-5-8-14-6-1-3-9-16(14)18/h1-13,21H. The molecule has 0 atom stereocenters. The number of phenols is 1. The third-order valence-electron chi connectivity index (χ3n) is 3.83. The van der Waals surface area contributed by atoms with Gasteiger partial charge in [-0.3, -0.25) is 0 Å². The fourth-order valence-electron chi connectivity index (χ4n) is 2.72. The van der Waals surface area contributed by atoms with E-state index in [1.807, 2.05) is 42.5 Å². The van der Waals surface area contributed by atoms with Crippen LogP contribution >= 0.6 is 11.8 Å². The van der Waals surface area contributed by atoms with Crippen molar-refractivity contribution in [2.45, 2.75) is 9.79 Å². The van der Waals surface area contributed by atoms with Crippen LogP contribution in [-0.4, -0.2) is 5.11 Å². The fraction of sp³-hybridized carbons (Fsp3) is 0. The van der Waals surface area contributed by atoms with Crippen LogP contribution in [0.3, 0.4) is 0 Å². The first-order valence-electron chi connectivity index (χ1n) is 7.19. The van der Waals surface area contributed by atoms with Gasteiger partial charge in [0.1, 0.15) is 5.75 Å². The Labute approximate surface area is 133 Å². The first kappa shape index (κ1) is 13.2. The van der Waals surface area contributed by atoms with Crippen molar-refractivity contribution in [2.75, 3.05) is 0 Å². The van der Waals surface area contributed by atoms with Gasteiger partial charge in [-0.2, -0.15) is 0 Å². The van der Waals surface area contributed by atoms with Crippen molar-refractivity contribution in [2.24, 2.45) is 0 Å². The second kappa shape index (κ2) is 5.39. The van der Waals surface area contributed by atoms with Crippen molar-refractivity contribution in [3.63, 3.8) is 0 Å². The third-order valence-corrected chi connectivity index (χ3v) is 4.96. The second-order valence-corrected chi connectivity index (χ2v) is 6.30. The normalized spacial score (nSPS) is 11.1. The minimum absolute atomic E-state index is 0.357. The summed E-state index contributed by atoms with van der Waals surface area (Å²) in [6.45, 7) is 0. The molecule has 0 spiro atoms. The van der Waals surface area contributed by atoms with E-state index in [1.165, 1.54) is 10.8 Å². The molecular weight excluding hydrogens is 288 g/mol.